The van der Waals surface area contributed by atoms with Crippen LogP contribution in [0.25, 0.3) is 11.4 Å². The van der Waals surface area contributed by atoms with Gasteiger partial charge in [-0.1, -0.05) is 35.5 Å². The molecule has 0 saturated carbocycles. The van der Waals surface area contributed by atoms with Crippen LogP contribution in [0.3, 0.4) is 0 Å². The highest BCUT2D eigenvalue weighted by atomic mass is 35.5. The molecule has 0 bridgehead atoms. The van der Waals surface area contributed by atoms with Gasteiger partial charge in [0.2, 0.25) is 5.91 Å². The number of halogens is 1. The van der Waals surface area contributed by atoms with Crippen molar-refractivity contribution >= 4 is 35.0 Å². The standard InChI is InChI=1S/C19H20ClN5O2S/c1-13(18(26)22-16-6-4-3-5-15(16)20)28-19-24-23-17(25(19)11-12-27-2)14-7-9-21-10-8-14/h3-10,13H,11-12H2,1-2H3,(H,22,26). The van der Waals surface area contributed by atoms with E-state index in [0.717, 1.165) is 5.56 Å². The summed E-state index contributed by atoms with van der Waals surface area (Å²) in [6.07, 6.45) is 3.41. The molecule has 0 aliphatic rings. The number of anilines is 1. The largest absolute Gasteiger partial charge is 0.383 e. The van der Waals surface area contributed by atoms with E-state index in [4.69, 9.17) is 16.3 Å². The van der Waals surface area contributed by atoms with Gasteiger partial charge in [-0.05, 0) is 31.2 Å². The lowest BCUT2D eigenvalue weighted by atomic mass is 10.2. The second-order valence-electron chi connectivity index (χ2n) is 5.92. The summed E-state index contributed by atoms with van der Waals surface area (Å²) in [4.78, 5) is 16.6. The van der Waals surface area contributed by atoms with Gasteiger partial charge in [0.15, 0.2) is 11.0 Å². The van der Waals surface area contributed by atoms with E-state index in [9.17, 15) is 4.79 Å². The molecule has 2 heterocycles. The van der Waals surface area contributed by atoms with Gasteiger partial charge in [-0.25, -0.2) is 0 Å². The maximum Gasteiger partial charge on any atom is 0.237 e. The van der Waals surface area contributed by atoms with E-state index < -0.39 is 5.25 Å². The van der Waals surface area contributed by atoms with Crippen molar-refractivity contribution in [3.63, 3.8) is 0 Å². The number of methoxy groups -OCH3 is 1. The second kappa shape index (κ2) is 9.68. The summed E-state index contributed by atoms with van der Waals surface area (Å²) in [6.45, 7) is 2.89. The normalized spacial score (nSPS) is 12.0. The van der Waals surface area contributed by atoms with Crippen LogP contribution in [-0.4, -0.2) is 44.6 Å². The molecule has 7 nitrogen and oxygen atoms in total. The van der Waals surface area contributed by atoms with Crippen molar-refractivity contribution in [2.45, 2.75) is 23.9 Å². The van der Waals surface area contributed by atoms with Gasteiger partial charge in [0, 0.05) is 25.1 Å². The van der Waals surface area contributed by atoms with E-state index in [1.165, 1.54) is 11.8 Å². The summed E-state index contributed by atoms with van der Waals surface area (Å²) < 4.78 is 7.16. The van der Waals surface area contributed by atoms with Crippen LogP contribution in [0.1, 0.15) is 6.92 Å². The number of para-hydroxylation sites is 1. The van der Waals surface area contributed by atoms with Crippen LogP contribution >= 0.6 is 23.4 Å². The number of ether oxygens (including phenoxy) is 1. The van der Waals surface area contributed by atoms with Gasteiger partial charge >= 0.3 is 0 Å². The SMILES string of the molecule is COCCn1c(SC(C)C(=O)Nc2ccccc2Cl)nnc1-c1ccncc1. The third kappa shape index (κ3) is 4.89. The molecule has 3 rings (SSSR count). The van der Waals surface area contributed by atoms with Gasteiger partial charge < -0.3 is 10.1 Å². The zero-order valence-corrected chi connectivity index (χ0v) is 17.1. The number of hydrogen-bond acceptors (Lipinski definition) is 6. The van der Waals surface area contributed by atoms with Gasteiger partial charge in [-0.15, -0.1) is 10.2 Å². The van der Waals surface area contributed by atoms with Crippen molar-refractivity contribution in [2.24, 2.45) is 0 Å². The number of carbonyl (C=O) groups excluding carboxylic acids is 1. The van der Waals surface area contributed by atoms with Crippen molar-refractivity contribution < 1.29 is 9.53 Å². The average molecular weight is 418 g/mol. The number of amides is 1. The van der Waals surface area contributed by atoms with E-state index in [2.05, 4.69) is 20.5 Å². The van der Waals surface area contributed by atoms with Crippen molar-refractivity contribution in [1.29, 1.82) is 0 Å². The first-order valence-corrected chi connectivity index (χ1v) is 9.90. The Bertz CT molecular complexity index is 935. The summed E-state index contributed by atoms with van der Waals surface area (Å²) >= 11 is 7.45. The zero-order chi connectivity index (χ0) is 19.9. The molecule has 2 aromatic heterocycles. The lowest BCUT2D eigenvalue weighted by molar-refractivity contribution is -0.115. The third-order valence-corrected chi connectivity index (χ3v) is 5.37. The number of nitrogens with zero attached hydrogens (tertiary/aromatic N) is 4. The Morgan fingerprint density at radius 2 is 2.00 bits per heavy atom. The maximum absolute atomic E-state index is 12.6. The quantitative estimate of drug-likeness (QED) is 0.562. The highest BCUT2D eigenvalue weighted by molar-refractivity contribution is 8.00. The molecular formula is C19H20ClN5O2S. The molecule has 0 radical (unpaired) electrons. The van der Waals surface area contributed by atoms with Crippen LogP contribution in [0.2, 0.25) is 5.02 Å². The number of carbonyl (C=O) groups is 1. The molecule has 0 saturated heterocycles. The first-order chi connectivity index (χ1) is 13.6. The number of aromatic nitrogens is 4. The van der Waals surface area contributed by atoms with Crippen molar-refractivity contribution in [3.8, 4) is 11.4 Å². The Morgan fingerprint density at radius 1 is 1.25 bits per heavy atom. The number of thioether (sulfide) groups is 1. The predicted molar refractivity (Wildman–Crippen MR) is 111 cm³/mol. The van der Waals surface area contributed by atoms with Crippen molar-refractivity contribution in [3.05, 3.63) is 53.8 Å². The number of nitrogens with one attached hydrogen (secondary N) is 1. The molecule has 0 spiro atoms. The fourth-order valence-corrected chi connectivity index (χ4v) is 3.54. The minimum Gasteiger partial charge on any atom is -0.383 e. The predicted octanol–water partition coefficient (Wildman–Crippen LogP) is 3.76. The maximum atomic E-state index is 12.6. The zero-order valence-electron chi connectivity index (χ0n) is 15.5. The van der Waals surface area contributed by atoms with Crippen LogP contribution in [0.4, 0.5) is 5.69 Å². The molecule has 1 amide bonds. The minimum absolute atomic E-state index is 0.162. The van der Waals surface area contributed by atoms with Crippen LogP contribution in [0.5, 0.6) is 0 Å². The van der Waals surface area contributed by atoms with Crippen molar-refractivity contribution in [1.82, 2.24) is 19.7 Å². The molecule has 1 unspecified atom stereocenters. The lowest BCUT2D eigenvalue weighted by Crippen LogP contribution is -2.23. The first kappa shape index (κ1) is 20.3. The van der Waals surface area contributed by atoms with E-state index in [-0.39, 0.29) is 5.91 Å². The number of rotatable bonds is 8. The Labute approximate surface area is 172 Å². The number of benzene rings is 1. The molecule has 28 heavy (non-hydrogen) atoms. The lowest BCUT2D eigenvalue weighted by Gasteiger charge is -2.14. The molecule has 0 fully saturated rings. The molecule has 1 aromatic carbocycles. The topological polar surface area (TPSA) is 81.9 Å². The fraction of sp³-hybridized carbons (Fsp3) is 0.263. The van der Waals surface area contributed by atoms with Gasteiger partial charge in [-0.2, -0.15) is 0 Å². The molecule has 0 aliphatic heterocycles. The second-order valence-corrected chi connectivity index (χ2v) is 7.63. The van der Waals surface area contributed by atoms with E-state index in [1.54, 1.807) is 31.6 Å². The van der Waals surface area contributed by atoms with Crippen molar-refractivity contribution in [2.75, 3.05) is 19.0 Å². The molecule has 1 atom stereocenters. The van der Waals surface area contributed by atoms with Gasteiger partial charge in [0.25, 0.3) is 0 Å². The van der Waals surface area contributed by atoms with E-state index in [1.807, 2.05) is 35.8 Å². The Hall–Kier alpha value is -2.42. The van der Waals surface area contributed by atoms with E-state index >= 15 is 0 Å². The highest BCUT2D eigenvalue weighted by Crippen LogP contribution is 2.28. The molecular weight excluding hydrogens is 398 g/mol. The molecule has 0 aliphatic carbocycles. The first-order valence-electron chi connectivity index (χ1n) is 8.64. The molecule has 3 aromatic rings. The molecule has 146 valence electrons. The van der Waals surface area contributed by atoms with Gasteiger partial charge in [-0.3, -0.25) is 14.3 Å². The Kier molecular flexibility index (Phi) is 7.02. The highest BCUT2D eigenvalue weighted by Gasteiger charge is 2.21. The molecule has 1 N–H and O–H groups in total. The summed E-state index contributed by atoms with van der Waals surface area (Å²) in [6, 6.07) is 10.9. The Balaban J connectivity index is 1.78. The van der Waals surface area contributed by atoms with Crippen LogP contribution < -0.4 is 5.32 Å². The summed E-state index contributed by atoms with van der Waals surface area (Å²) in [5, 5.41) is 12.2. The van der Waals surface area contributed by atoms with E-state index in [0.29, 0.717) is 34.8 Å². The van der Waals surface area contributed by atoms with Gasteiger partial charge in [0.1, 0.15) is 0 Å². The molecule has 9 heteroatoms. The average Bonchev–Trinajstić information content (AvgIpc) is 3.11. The van der Waals surface area contributed by atoms with Crippen LogP contribution in [0.15, 0.2) is 53.9 Å². The number of hydrogen-bond donors (Lipinski definition) is 1. The van der Waals surface area contributed by atoms with Crippen LogP contribution in [-0.2, 0) is 16.1 Å². The smallest absolute Gasteiger partial charge is 0.237 e. The number of pyridine rings is 1. The minimum atomic E-state index is -0.396. The third-order valence-electron chi connectivity index (χ3n) is 3.96. The van der Waals surface area contributed by atoms with Gasteiger partial charge in [0.05, 0.1) is 29.1 Å². The summed E-state index contributed by atoms with van der Waals surface area (Å²) in [7, 11) is 1.64. The monoisotopic (exact) mass is 417 g/mol. The fourth-order valence-electron chi connectivity index (χ4n) is 2.48. The Morgan fingerprint density at radius 3 is 2.71 bits per heavy atom. The van der Waals surface area contributed by atoms with Crippen LogP contribution in [0, 0.1) is 0 Å². The summed E-state index contributed by atoms with van der Waals surface area (Å²) in [5.74, 6) is 0.547. The summed E-state index contributed by atoms with van der Waals surface area (Å²) in [5.41, 5.74) is 1.48.